The van der Waals surface area contributed by atoms with Crippen LogP contribution in [0, 0.1) is 11.8 Å². The Balaban J connectivity index is 1.91. The summed E-state index contributed by atoms with van der Waals surface area (Å²) in [5, 5.41) is 12.2. The largest absolute Gasteiger partial charge is 0.481 e. The minimum atomic E-state index is -0.848. The molecule has 0 spiro atoms. The van der Waals surface area contributed by atoms with Crippen molar-refractivity contribution in [2.45, 2.75) is 25.7 Å². The van der Waals surface area contributed by atoms with Crippen molar-refractivity contribution in [2.24, 2.45) is 11.8 Å². The van der Waals surface area contributed by atoms with E-state index in [-0.39, 0.29) is 24.3 Å². The number of carboxylic acids is 1. The summed E-state index contributed by atoms with van der Waals surface area (Å²) in [7, 11) is 0. The van der Waals surface area contributed by atoms with Gasteiger partial charge in [0.1, 0.15) is 0 Å². The molecule has 22 heavy (non-hydrogen) atoms. The Labute approximate surface area is 130 Å². The average molecular weight is 305 g/mol. The van der Waals surface area contributed by atoms with Crippen LogP contribution in [0.4, 0.5) is 0 Å². The van der Waals surface area contributed by atoms with Gasteiger partial charge in [0.2, 0.25) is 5.91 Å². The minimum absolute atomic E-state index is 0.0681. The Kier molecular flexibility index (Phi) is 5.95. The summed E-state index contributed by atoms with van der Waals surface area (Å²) < 4.78 is 5.27. The van der Waals surface area contributed by atoms with Crippen molar-refractivity contribution in [3.63, 3.8) is 0 Å². The van der Waals surface area contributed by atoms with Crippen LogP contribution >= 0.6 is 0 Å². The lowest BCUT2D eigenvalue weighted by Gasteiger charge is -2.28. The van der Waals surface area contributed by atoms with Crippen LogP contribution in [0.1, 0.15) is 31.2 Å². The molecule has 2 rings (SSSR count). The second kappa shape index (κ2) is 7.94. The number of carboxylic acid groups (broad SMARTS) is 1. The van der Waals surface area contributed by atoms with Gasteiger partial charge in [-0.1, -0.05) is 30.3 Å². The first-order chi connectivity index (χ1) is 10.6. The maximum absolute atomic E-state index is 12.2. The van der Waals surface area contributed by atoms with Crippen LogP contribution in [0.15, 0.2) is 30.3 Å². The van der Waals surface area contributed by atoms with Crippen molar-refractivity contribution < 1.29 is 19.4 Å². The first kappa shape index (κ1) is 16.5. The topological polar surface area (TPSA) is 75.6 Å². The lowest BCUT2D eigenvalue weighted by molar-refractivity contribution is -0.145. The minimum Gasteiger partial charge on any atom is -0.481 e. The number of hydrogen-bond acceptors (Lipinski definition) is 3. The maximum atomic E-state index is 12.2. The lowest BCUT2D eigenvalue weighted by Crippen LogP contribution is -2.40. The fraction of sp³-hybridized carbons (Fsp3) is 0.529. The molecular weight excluding hydrogens is 282 g/mol. The highest BCUT2D eigenvalue weighted by molar-refractivity contribution is 5.83. The quantitative estimate of drug-likeness (QED) is 0.843. The van der Waals surface area contributed by atoms with E-state index in [9.17, 15) is 14.7 Å². The Bertz CT molecular complexity index is 497. The van der Waals surface area contributed by atoms with Crippen molar-refractivity contribution in [3.8, 4) is 0 Å². The SMILES string of the molecule is CC(C(=O)NCC(C(=O)O)C1CCOCC1)c1ccccc1. The molecule has 120 valence electrons. The average Bonchev–Trinajstić information content (AvgIpc) is 2.55. The molecule has 0 bridgehead atoms. The predicted octanol–water partition coefficient (Wildman–Crippen LogP) is 2.03. The van der Waals surface area contributed by atoms with Gasteiger partial charge in [0, 0.05) is 19.8 Å². The molecule has 0 saturated carbocycles. The summed E-state index contributed by atoms with van der Waals surface area (Å²) in [5.74, 6) is -1.75. The van der Waals surface area contributed by atoms with E-state index >= 15 is 0 Å². The molecule has 0 radical (unpaired) electrons. The summed E-state index contributed by atoms with van der Waals surface area (Å²) in [6, 6.07) is 9.48. The number of ether oxygens (including phenoxy) is 1. The Hall–Kier alpha value is -1.88. The summed E-state index contributed by atoms with van der Waals surface area (Å²) in [4.78, 5) is 23.7. The van der Waals surface area contributed by atoms with Crippen molar-refractivity contribution >= 4 is 11.9 Å². The highest BCUT2D eigenvalue weighted by Crippen LogP contribution is 2.24. The molecule has 1 saturated heterocycles. The number of carbonyl (C=O) groups is 2. The van der Waals surface area contributed by atoms with Gasteiger partial charge in [-0.05, 0) is 31.2 Å². The molecule has 5 nitrogen and oxygen atoms in total. The third-order valence-electron chi connectivity index (χ3n) is 4.34. The van der Waals surface area contributed by atoms with E-state index in [0.717, 1.165) is 18.4 Å². The number of nitrogens with one attached hydrogen (secondary N) is 1. The first-order valence-corrected chi connectivity index (χ1v) is 7.72. The van der Waals surface area contributed by atoms with E-state index in [0.29, 0.717) is 13.2 Å². The smallest absolute Gasteiger partial charge is 0.308 e. The van der Waals surface area contributed by atoms with Gasteiger partial charge in [-0.2, -0.15) is 0 Å². The molecule has 5 heteroatoms. The van der Waals surface area contributed by atoms with Crippen molar-refractivity contribution in [2.75, 3.05) is 19.8 Å². The fourth-order valence-electron chi connectivity index (χ4n) is 2.83. The number of carbonyl (C=O) groups excluding carboxylic acids is 1. The molecule has 1 aromatic rings. The van der Waals surface area contributed by atoms with Crippen LogP contribution in [0.5, 0.6) is 0 Å². The zero-order valence-corrected chi connectivity index (χ0v) is 12.8. The summed E-state index contributed by atoms with van der Waals surface area (Å²) in [6.45, 7) is 3.20. The number of hydrogen-bond donors (Lipinski definition) is 2. The predicted molar refractivity (Wildman–Crippen MR) is 82.5 cm³/mol. The zero-order chi connectivity index (χ0) is 15.9. The molecule has 0 aliphatic carbocycles. The standard InChI is InChI=1S/C17H23NO4/c1-12(13-5-3-2-4-6-13)16(19)18-11-15(17(20)21)14-7-9-22-10-8-14/h2-6,12,14-15H,7-11H2,1H3,(H,18,19)(H,20,21). The molecule has 1 heterocycles. The van der Waals surface area contributed by atoms with Gasteiger partial charge >= 0.3 is 5.97 Å². The van der Waals surface area contributed by atoms with Gasteiger partial charge in [0.05, 0.1) is 11.8 Å². The van der Waals surface area contributed by atoms with E-state index in [1.807, 2.05) is 37.3 Å². The highest BCUT2D eigenvalue weighted by atomic mass is 16.5. The second-order valence-corrected chi connectivity index (χ2v) is 5.77. The van der Waals surface area contributed by atoms with E-state index in [1.54, 1.807) is 0 Å². The van der Waals surface area contributed by atoms with Gasteiger partial charge in [0.15, 0.2) is 0 Å². The number of rotatable bonds is 6. The maximum Gasteiger partial charge on any atom is 0.308 e. The van der Waals surface area contributed by atoms with Crippen molar-refractivity contribution in [3.05, 3.63) is 35.9 Å². The second-order valence-electron chi connectivity index (χ2n) is 5.77. The summed E-state index contributed by atoms with van der Waals surface area (Å²) >= 11 is 0. The molecule has 2 atom stereocenters. The monoisotopic (exact) mass is 305 g/mol. The molecule has 1 aliphatic rings. The summed E-state index contributed by atoms with van der Waals surface area (Å²) in [5.41, 5.74) is 0.929. The van der Waals surface area contributed by atoms with Gasteiger partial charge in [-0.3, -0.25) is 9.59 Å². The first-order valence-electron chi connectivity index (χ1n) is 7.72. The van der Waals surface area contributed by atoms with Crippen molar-refractivity contribution in [1.82, 2.24) is 5.32 Å². The Morgan fingerprint density at radius 1 is 1.27 bits per heavy atom. The molecular formula is C17H23NO4. The molecule has 1 amide bonds. The molecule has 1 aromatic carbocycles. The summed E-state index contributed by atoms with van der Waals surface area (Å²) in [6.07, 6.45) is 1.47. The molecule has 2 unspecified atom stereocenters. The van der Waals surface area contributed by atoms with Crippen LogP contribution < -0.4 is 5.32 Å². The van der Waals surface area contributed by atoms with Crippen molar-refractivity contribution in [1.29, 1.82) is 0 Å². The Morgan fingerprint density at radius 2 is 1.91 bits per heavy atom. The van der Waals surface area contributed by atoms with E-state index < -0.39 is 11.9 Å². The van der Waals surface area contributed by atoms with E-state index in [4.69, 9.17) is 4.74 Å². The van der Waals surface area contributed by atoms with E-state index in [2.05, 4.69) is 5.32 Å². The zero-order valence-electron chi connectivity index (χ0n) is 12.8. The third kappa shape index (κ3) is 4.31. The van der Waals surface area contributed by atoms with Crippen LogP contribution in [0.3, 0.4) is 0 Å². The molecule has 1 fully saturated rings. The number of benzene rings is 1. The van der Waals surface area contributed by atoms with Crippen LogP contribution in [-0.4, -0.2) is 36.7 Å². The normalized spacial score (nSPS) is 18.4. The highest BCUT2D eigenvalue weighted by Gasteiger charge is 2.30. The van der Waals surface area contributed by atoms with Gasteiger partial charge < -0.3 is 15.2 Å². The number of aliphatic carboxylic acids is 1. The van der Waals surface area contributed by atoms with Gasteiger partial charge in [0.25, 0.3) is 0 Å². The number of amides is 1. The van der Waals surface area contributed by atoms with Crippen LogP contribution in [0.2, 0.25) is 0 Å². The molecule has 0 aromatic heterocycles. The van der Waals surface area contributed by atoms with Gasteiger partial charge in [-0.25, -0.2) is 0 Å². The van der Waals surface area contributed by atoms with Crippen LogP contribution in [0.25, 0.3) is 0 Å². The van der Waals surface area contributed by atoms with E-state index in [1.165, 1.54) is 0 Å². The fourth-order valence-corrected chi connectivity index (χ4v) is 2.83. The lowest BCUT2D eigenvalue weighted by atomic mass is 9.86. The Morgan fingerprint density at radius 3 is 2.50 bits per heavy atom. The molecule has 1 aliphatic heterocycles. The van der Waals surface area contributed by atoms with Crippen LogP contribution in [-0.2, 0) is 14.3 Å². The molecule has 2 N–H and O–H groups in total. The third-order valence-corrected chi connectivity index (χ3v) is 4.34. The van der Waals surface area contributed by atoms with Gasteiger partial charge in [-0.15, -0.1) is 0 Å².